The molecule has 0 saturated heterocycles. The summed E-state index contributed by atoms with van der Waals surface area (Å²) in [4.78, 5) is 2.02. The van der Waals surface area contributed by atoms with Crippen LogP contribution in [0.2, 0.25) is 0 Å². The topological polar surface area (TPSA) is 15.3 Å². The molecule has 86 valence electrons. The van der Waals surface area contributed by atoms with Gasteiger partial charge in [-0.3, -0.25) is 0 Å². The zero-order valence-electron chi connectivity index (χ0n) is 8.69. The van der Waals surface area contributed by atoms with Crippen molar-refractivity contribution in [2.24, 2.45) is 0 Å². The van der Waals surface area contributed by atoms with E-state index in [4.69, 9.17) is 0 Å². The highest BCUT2D eigenvalue weighted by Crippen LogP contribution is 2.29. The van der Waals surface area contributed by atoms with Gasteiger partial charge < -0.3 is 10.2 Å². The van der Waals surface area contributed by atoms with Crippen molar-refractivity contribution in [3.8, 4) is 0 Å². The van der Waals surface area contributed by atoms with E-state index in [-0.39, 0.29) is 17.5 Å². The Morgan fingerprint density at radius 2 is 1.93 bits per heavy atom. The maximum Gasteiger partial charge on any atom is 0.441 e. The molecule has 0 aliphatic heterocycles. The fraction of sp³-hybridized carbons (Fsp3) is 1.00. The summed E-state index contributed by atoms with van der Waals surface area (Å²) in [5.74, 6) is 0.0731. The zero-order chi connectivity index (χ0) is 11.2. The number of hydrogen-bond acceptors (Lipinski definition) is 3. The van der Waals surface area contributed by atoms with Gasteiger partial charge in [-0.1, -0.05) is 0 Å². The van der Waals surface area contributed by atoms with Crippen molar-refractivity contribution in [2.45, 2.75) is 18.5 Å². The van der Waals surface area contributed by atoms with Crippen LogP contribution in [0.25, 0.3) is 0 Å². The molecule has 1 N–H and O–H groups in total. The fourth-order valence-electron chi connectivity index (χ4n) is 0.732. The zero-order valence-corrected chi connectivity index (χ0v) is 9.50. The van der Waals surface area contributed by atoms with E-state index in [0.717, 1.165) is 0 Å². The Morgan fingerprint density at radius 3 is 2.36 bits per heavy atom. The molecule has 0 bridgehead atoms. The van der Waals surface area contributed by atoms with Crippen LogP contribution < -0.4 is 5.32 Å². The normalized spacial score (nSPS) is 14.8. The van der Waals surface area contributed by atoms with Gasteiger partial charge in [-0.15, -0.1) is 0 Å². The first-order valence-corrected chi connectivity index (χ1v) is 5.39. The molecular weight excluding hydrogens is 213 g/mol. The highest BCUT2D eigenvalue weighted by atomic mass is 32.2. The monoisotopic (exact) mass is 230 g/mol. The molecule has 6 heteroatoms. The summed E-state index contributed by atoms with van der Waals surface area (Å²) in [7, 11) is 3.88. The number of halogens is 3. The van der Waals surface area contributed by atoms with Crippen LogP contribution in [0.5, 0.6) is 0 Å². The smallest absolute Gasteiger partial charge is 0.314 e. The molecule has 0 aromatic rings. The van der Waals surface area contributed by atoms with E-state index in [9.17, 15) is 13.2 Å². The summed E-state index contributed by atoms with van der Waals surface area (Å²) in [6.07, 6.45) is 0. The molecular formula is C8H17F3N2S. The Labute approximate surface area is 87.2 Å². The average molecular weight is 230 g/mol. The first-order valence-electron chi connectivity index (χ1n) is 4.41. The minimum atomic E-state index is -4.10. The van der Waals surface area contributed by atoms with Gasteiger partial charge in [-0.2, -0.15) is 13.2 Å². The molecule has 0 saturated carbocycles. The number of alkyl halides is 3. The molecule has 1 unspecified atom stereocenters. The molecule has 0 rings (SSSR count). The van der Waals surface area contributed by atoms with Crippen LogP contribution in [-0.2, 0) is 0 Å². The SMILES string of the molecule is CC(CNCCSC(F)(F)F)N(C)C. The first-order chi connectivity index (χ1) is 6.33. The van der Waals surface area contributed by atoms with Crippen LogP contribution in [0.3, 0.4) is 0 Å². The molecule has 0 aromatic heterocycles. The number of nitrogens with one attached hydrogen (secondary N) is 1. The molecule has 0 spiro atoms. The quantitative estimate of drug-likeness (QED) is 0.700. The van der Waals surface area contributed by atoms with Gasteiger partial charge in [0.05, 0.1) is 0 Å². The van der Waals surface area contributed by atoms with E-state index in [1.165, 1.54) is 0 Å². The second kappa shape index (κ2) is 6.53. The Bertz CT molecular complexity index is 150. The van der Waals surface area contributed by atoms with Crippen molar-refractivity contribution in [3.05, 3.63) is 0 Å². The number of hydrogen-bond donors (Lipinski definition) is 1. The summed E-state index contributed by atoms with van der Waals surface area (Å²) in [5.41, 5.74) is -4.10. The number of likely N-dealkylation sites (N-methyl/N-ethyl adjacent to an activating group) is 1. The van der Waals surface area contributed by atoms with Crippen molar-refractivity contribution >= 4 is 11.8 Å². The van der Waals surface area contributed by atoms with Gasteiger partial charge in [0.2, 0.25) is 0 Å². The van der Waals surface area contributed by atoms with E-state index >= 15 is 0 Å². The summed E-state index contributed by atoms with van der Waals surface area (Å²) in [6.45, 7) is 3.12. The molecule has 0 heterocycles. The van der Waals surface area contributed by atoms with Crippen molar-refractivity contribution in [1.82, 2.24) is 10.2 Å². The van der Waals surface area contributed by atoms with Crippen LogP contribution in [-0.4, -0.2) is 49.4 Å². The Kier molecular flexibility index (Phi) is 6.55. The molecule has 2 nitrogen and oxygen atoms in total. The number of thioether (sulfide) groups is 1. The van der Waals surface area contributed by atoms with Gasteiger partial charge >= 0.3 is 5.51 Å². The van der Waals surface area contributed by atoms with Crippen LogP contribution in [0, 0.1) is 0 Å². The molecule has 0 aliphatic rings. The van der Waals surface area contributed by atoms with Crippen molar-refractivity contribution < 1.29 is 13.2 Å². The maximum atomic E-state index is 11.7. The lowest BCUT2D eigenvalue weighted by molar-refractivity contribution is -0.0327. The summed E-state index contributed by atoms with van der Waals surface area (Å²) >= 11 is 0.0175. The minimum Gasteiger partial charge on any atom is -0.314 e. The largest absolute Gasteiger partial charge is 0.441 e. The van der Waals surface area contributed by atoms with Crippen molar-refractivity contribution in [1.29, 1.82) is 0 Å². The summed E-state index contributed by atoms with van der Waals surface area (Å²) < 4.78 is 35.1. The fourth-order valence-corrected chi connectivity index (χ4v) is 1.21. The molecule has 0 radical (unpaired) electrons. The second-order valence-electron chi connectivity index (χ2n) is 3.31. The molecule has 0 aromatic carbocycles. The highest BCUT2D eigenvalue weighted by molar-refractivity contribution is 8.00. The van der Waals surface area contributed by atoms with Gasteiger partial charge in [-0.05, 0) is 32.8 Å². The molecule has 0 aliphatic carbocycles. The maximum absolute atomic E-state index is 11.7. The van der Waals surface area contributed by atoms with Gasteiger partial charge in [-0.25, -0.2) is 0 Å². The first kappa shape index (κ1) is 14.1. The predicted octanol–water partition coefficient (Wildman–Crippen LogP) is 1.78. The van der Waals surface area contributed by atoms with Crippen molar-refractivity contribution in [3.63, 3.8) is 0 Å². The van der Waals surface area contributed by atoms with E-state index < -0.39 is 5.51 Å². The average Bonchev–Trinajstić information content (AvgIpc) is 2.01. The highest BCUT2D eigenvalue weighted by Gasteiger charge is 2.27. The van der Waals surface area contributed by atoms with Gasteiger partial charge in [0.1, 0.15) is 0 Å². The van der Waals surface area contributed by atoms with Crippen LogP contribution in [0.4, 0.5) is 13.2 Å². The third-order valence-electron chi connectivity index (χ3n) is 1.87. The third kappa shape index (κ3) is 8.65. The van der Waals surface area contributed by atoms with E-state index in [1.807, 2.05) is 25.9 Å². The van der Waals surface area contributed by atoms with Gasteiger partial charge in [0.15, 0.2) is 0 Å². The standard InChI is InChI=1S/C8H17F3N2S/c1-7(13(2)3)6-12-4-5-14-8(9,10)11/h7,12H,4-6H2,1-3H3. The molecule has 1 atom stereocenters. The Balaban J connectivity index is 3.30. The lowest BCUT2D eigenvalue weighted by Gasteiger charge is -2.19. The number of rotatable bonds is 6. The van der Waals surface area contributed by atoms with E-state index in [1.54, 1.807) is 0 Å². The van der Waals surface area contributed by atoms with Gasteiger partial charge in [0, 0.05) is 24.9 Å². The van der Waals surface area contributed by atoms with Crippen LogP contribution in [0.15, 0.2) is 0 Å². The third-order valence-corrected chi connectivity index (χ3v) is 2.60. The lowest BCUT2D eigenvalue weighted by atomic mass is 10.3. The molecule has 0 fully saturated rings. The molecule has 0 amide bonds. The van der Waals surface area contributed by atoms with Crippen LogP contribution >= 0.6 is 11.8 Å². The van der Waals surface area contributed by atoms with Gasteiger partial charge in [0.25, 0.3) is 0 Å². The minimum absolute atomic E-state index is 0.0175. The second-order valence-corrected chi connectivity index (χ2v) is 4.47. The van der Waals surface area contributed by atoms with E-state index in [2.05, 4.69) is 5.32 Å². The molecule has 14 heavy (non-hydrogen) atoms. The summed E-state index contributed by atoms with van der Waals surface area (Å²) in [5, 5.41) is 2.98. The van der Waals surface area contributed by atoms with Crippen LogP contribution in [0.1, 0.15) is 6.92 Å². The Morgan fingerprint density at radius 1 is 1.36 bits per heavy atom. The van der Waals surface area contributed by atoms with Crippen molar-refractivity contribution in [2.75, 3.05) is 32.9 Å². The Hall–Kier alpha value is 0.0600. The predicted molar refractivity (Wildman–Crippen MR) is 54.5 cm³/mol. The lowest BCUT2D eigenvalue weighted by Crippen LogP contribution is -2.36. The number of nitrogens with zero attached hydrogens (tertiary/aromatic N) is 1. The summed E-state index contributed by atoms with van der Waals surface area (Å²) in [6, 6.07) is 0.339. The van der Waals surface area contributed by atoms with E-state index in [0.29, 0.717) is 19.1 Å².